The standard InChI is InChI=1S/C29H31N7O3/c1-17-16-36(28-26-23(34(4)29(37)32-28)12-13-25(30-3)31-26)18(2)15-35(17)27(20-8-10-21(38-5)11-9-20)22-14-24(39-33-22)19-6-7-19/h8-14,17-19,27H,6-7,15-16H2,1-2,4-5H3/t17-,18+,27?/m1/s1. The van der Waals surface area contributed by atoms with Crippen LogP contribution in [0.2, 0.25) is 0 Å². The van der Waals surface area contributed by atoms with Gasteiger partial charge in [0.1, 0.15) is 17.2 Å². The number of piperazine rings is 1. The van der Waals surface area contributed by atoms with Gasteiger partial charge in [-0.05, 0) is 56.5 Å². The number of rotatable bonds is 6. The Balaban J connectivity index is 1.37. The smallest absolute Gasteiger partial charge is 0.350 e. The van der Waals surface area contributed by atoms with Gasteiger partial charge in [-0.3, -0.25) is 9.47 Å². The summed E-state index contributed by atoms with van der Waals surface area (Å²) in [6.07, 6.45) is 2.30. The molecule has 6 rings (SSSR count). The molecular weight excluding hydrogens is 494 g/mol. The van der Waals surface area contributed by atoms with Crippen LogP contribution in [0.25, 0.3) is 15.9 Å². The summed E-state index contributed by atoms with van der Waals surface area (Å²) < 4.78 is 12.7. The Morgan fingerprint density at radius 3 is 2.54 bits per heavy atom. The summed E-state index contributed by atoms with van der Waals surface area (Å²) in [6.45, 7) is 13.1. The third-order valence-electron chi connectivity index (χ3n) is 7.91. The van der Waals surface area contributed by atoms with E-state index in [4.69, 9.17) is 15.8 Å². The van der Waals surface area contributed by atoms with Gasteiger partial charge in [0.2, 0.25) is 5.52 Å². The molecule has 3 aromatic heterocycles. The Bertz CT molecular complexity index is 1620. The number of benzene rings is 1. The van der Waals surface area contributed by atoms with Crippen molar-refractivity contribution in [3.8, 4) is 5.75 Å². The fourth-order valence-corrected chi connectivity index (χ4v) is 5.58. The molecule has 1 aromatic carbocycles. The Labute approximate surface area is 226 Å². The largest absolute Gasteiger partial charge is 0.497 e. The molecule has 1 aliphatic heterocycles. The molecule has 0 radical (unpaired) electrons. The fraction of sp³-hybridized carbons (Fsp3) is 0.414. The van der Waals surface area contributed by atoms with Crippen LogP contribution in [0.3, 0.4) is 0 Å². The Morgan fingerprint density at radius 1 is 1.08 bits per heavy atom. The molecule has 1 saturated heterocycles. The topological polar surface area (TPSA) is 93.9 Å². The number of fused-ring (bicyclic) bond motifs is 1. The summed E-state index contributed by atoms with van der Waals surface area (Å²) >= 11 is 0. The molecule has 1 saturated carbocycles. The molecule has 0 spiro atoms. The van der Waals surface area contributed by atoms with Gasteiger partial charge in [0.15, 0.2) is 5.82 Å². The van der Waals surface area contributed by atoms with Crippen molar-refractivity contribution in [3.05, 3.63) is 81.4 Å². The van der Waals surface area contributed by atoms with E-state index in [1.807, 2.05) is 12.1 Å². The van der Waals surface area contributed by atoms with Gasteiger partial charge >= 0.3 is 5.69 Å². The highest BCUT2D eigenvalue weighted by Gasteiger charge is 2.39. The SMILES string of the molecule is [C-]#[N+]c1ccc2c(n1)c(N1C[C@@H](C)N(C(c3ccc(OC)cc3)c3cc(C4CC4)on3)C[C@@H]1C)nc(=O)n2C. The Hall–Kier alpha value is -4.23. The lowest BCUT2D eigenvalue weighted by atomic mass is 9.96. The third-order valence-corrected chi connectivity index (χ3v) is 7.91. The lowest BCUT2D eigenvalue weighted by Gasteiger charge is -2.47. The van der Waals surface area contributed by atoms with Crippen molar-refractivity contribution in [1.82, 2.24) is 24.6 Å². The molecule has 0 N–H and O–H groups in total. The van der Waals surface area contributed by atoms with Gasteiger partial charge in [0.25, 0.3) is 5.82 Å². The Kier molecular flexibility index (Phi) is 6.31. The summed E-state index contributed by atoms with van der Waals surface area (Å²) in [5.41, 5.74) is 2.89. The predicted molar refractivity (Wildman–Crippen MR) is 147 cm³/mol. The molecule has 4 aromatic rings. The van der Waals surface area contributed by atoms with Crippen LogP contribution < -0.4 is 15.3 Å². The third kappa shape index (κ3) is 4.53. The van der Waals surface area contributed by atoms with E-state index in [1.165, 1.54) is 4.57 Å². The van der Waals surface area contributed by atoms with Crippen LogP contribution in [-0.2, 0) is 7.05 Å². The predicted octanol–water partition coefficient (Wildman–Crippen LogP) is 4.44. The highest BCUT2D eigenvalue weighted by Crippen LogP contribution is 2.42. The van der Waals surface area contributed by atoms with Gasteiger partial charge < -0.3 is 19.0 Å². The minimum Gasteiger partial charge on any atom is -0.497 e. The number of aryl methyl sites for hydroxylation is 1. The minimum absolute atomic E-state index is 0.0120. The number of methoxy groups -OCH3 is 1. The van der Waals surface area contributed by atoms with Gasteiger partial charge in [-0.25, -0.2) is 4.79 Å². The van der Waals surface area contributed by atoms with Crippen LogP contribution in [-0.4, -0.2) is 56.9 Å². The van der Waals surface area contributed by atoms with Crippen LogP contribution in [0.1, 0.15) is 55.7 Å². The van der Waals surface area contributed by atoms with Crippen molar-refractivity contribution in [3.63, 3.8) is 0 Å². The lowest BCUT2D eigenvalue weighted by molar-refractivity contribution is 0.125. The molecule has 2 fully saturated rings. The maximum Gasteiger partial charge on any atom is 0.350 e. The van der Waals surface area contributed by atoms with E-state index in [0.29, 0.717) is 35.9 Å². The number of hydrogen-bond acceptors (Lipinski definition) is 8. The van der Waals surface area contributed by atoms with Crippen LogP contribution in [0.5, 0.6) is 5.75 Å². The quantitative estimate of drug-likeness (QED) is 0.341. The molecule has 1 aliphatic carbocycles. The first kappa shape index (κ1) is 25.1. The number of anilines is 1. The van der Waals surface area contributed by atoms with Crippen LogP contribution in [0.15, 0.2) is 51.8 Å². The van der Waals surface area contributed by atoms with Crippen molar-refractivity contribution in [1.29, 1.82) is 0 Å². The van der Waals surface area contributed by atoms with Gasteiger partial charge in [-0.1, -0.05) is 23.9 Å². The lowest BCUT2D eigenvalue weighted by Crippen LogP contribution is -2.58. The first-order chi connectivity index (χ1) is 18.9. The summed E-state index contributed by atoms with van der Waals surface area (Å²) in [4.78, 5) is 29.9. The molecule has 2 aliphatic rings. The van der Waals surface area contributed by atoms with E-state index in [9.17, 15) is 4.79 Å². The zero-order valence-corrected chi connectivity index (χ0v) is 22.5. The number of ether oxygens (including phenoxy) is 1. The monoisotopic (exact) mass is 525 g/mol. The summed E-state index contributed by atoms with van der Waals surface area (Å²) in [5, 5.41) is 4.53. The number of nitrogens with zero attached hydrogens (tertiary/aromatic N) is 7. The van der Waals surface area contributed by atoms with E-state index in [1.54, 1.807) is 26.3 Å². The van der Waals surface area contributed by atoms with E-state index in [0.717, 1.165) is 35.6 Å². The van der Waals surface area contributed by atoms with Crippen molar-refractivity contribution in [2.24, 2.45) is 7.05 Å². The van der Waals surface area contributed by atoms with E-state index in [-0.39, 0.29) is 29.6 Å². The fourth-order valence-electron chi connectivity index (χ4n) is 5.58. The molecule has 4 heterocycles. The molecule has 200 valence electrons. The normalized spacial score (nSPS) is 20.6. The van der Waals surface area contributed by atoms with Crippen LogP contribution in [0.4, 0.5) is 11.6 Å². The second-order valence-electron chi connectivity index (χ2n) is 10.6. The zero-order chi connectivity index (χ0) is 27.3. The number of hydrogen-bond donors (Lipinski definition) is 0. The summed E-state index contributed by atoms with van der Waals surface area (Å²) in [7, 11) is 3.34. The van der Waals surface area contributed by atoms with Crippen molar-refractivity contribution in [2.75, 3.05) is 25.1 Å². The molecule has 39 heavy (non-hydrogen) atoms. The minimum atomic E-state index is -0.344. The molecule has 0 amide bonds. The highest BCUT2D eigenvalue weighted by molar-refractivity contribution is 5.87. The second-order valence-corrected chi connectivity index (χ2v) is 10.6. The van der Waals surface area contributed by atoms with E-state index < -0.39 is 0 Å². The van der Waals surface area contributed by atoms with Crippen molar-refractivity contribution >= 4 is 22.7 Å². The van der Waals surface area contributed by atoms with Crippen molar-refractivity contribution in [2.45, 2.75) is 50.7 Å². The van der Waals surface area contributed by atoms with Crippen LogP contribution >= 0.6 is 0 Å². The van der Waals surface area contributed by atoms with Gasteiger partial charge in [-0.15, -0.1) is 4.98 Å². The van der Waals surface area contributed by atoms with Gasteiger partial charge in [0, 0.05) is 44.2 Å². The van der Waals surface area contributed by atoms with Gasteiger partial charge in [0.05, 0.1) is 18.7 Å². The Morgan fingerprint density at radius 2 is 1.85 bits per heavy atom. The highest BCUT2D eigenvalue weighted by atomic mass is 16.5. The van der Waals surface area contributed by atoms with Crippen molar-refractivity contribution < 1.29 is 9.26 Å². The number of aromatic nitrogens is 4. The maximum absolute atomic E-state index is 12.8. The first-order valence-corrected chi connectivity index (χ1v) is 13.3. The average Bonchev–Trinajstić information content (AvgIpc) is 3.70. The van der Waals surface area contributed by atoms with Crippen LogP contribution in [0, 0.1) is 6.57 Å². The average molecular weight is 526 g/mol. The molecule has 10 nitrogen and oxygen atoms in total. The summed E-state index contributed by atoms with van der Waals surface area (Å²) in [5.74, 6) is 3.04. The number of pyridine rings is 1. The molecule has 3 atom stereocenters. The maximum atomic E-state index is 12.8. The molecular formula is C29H31N7O3. The molecule has 1 unspecified atom stereocenters. The zero-order valence-electron chi connectivity index (χ0n) is 22.5. The van der Waals surface area contributed by atoms with E-state index >= 15 is 0 Å². The van der Waals surface area contributed by atoms with E-state index in [2.05, 4.69) is 61.8 Å². The summed E-state index contributed by atoms with van der Waals surface area (Å²) in [6, 6.07) is 13.6. The molecule has 10 heteroatoms. The molecule has 0 bridgehead atoms. The first-order valence-electron chi connectivity index (χ1n) is 13.3. The van der Waals surface area contributed by atoms with Gasteiger partial charge in [-0.2, -0.15) is 4.98 Å². The second kappa shape index (κ2) is 9.82.